The second kappa shape index (κ2) is 5.61. The molecule has 1 saturated heterocycles. The topological polar surface area (TPSA) is 15.3 Å². The molecule has 0 bridgehead atoms. The monoisotopic (exact) mass is 184 g/mol. The molecule has 2 heteroatoms. The fourth-order valence-corrected chi connectivity index (χ4v) is 1.88. The molecule has 2 nitrogen and oxygen atoms in total. The molecule has 0 aromatic carbocycles. The van der Waals surface area contributed by atoms with E-state index >= 15 is 0 Å². The van der Waals surface area contributed by atoms with Crippen LogP contribution >= 0.6 is 0 Å². The molecule has 1 aliphatic rings. The summed E-state index contributed by atoms with van der Waals surface area (Å²) < 4.78 is 0. The zero-order valence-electron chi connectivity index (χ0n) is 9.34. The van der Waals surface area contributed by atoms with Crippen LogP contribution in [0.15, 0.2) is 0 Å². The Morgan fingerprint density at radius 1 is 1.00 bits per heavy atom. The van der Waals surface area contributed by atoms with Crippen LogP contribution in [0, 0.1) is 5.92 Å². The van der Waals surface area contributed by atoms with Gasteiger partial charge in [0.15, 0.2) is 0 Å². The highest BCUT2D eigenvalue weighted by atomic mass is 15.2. The lowest BCUT2D eigenvalue weighted by atomic mass is 10.0. The summed E-state index contributed by atoms with van der Waals surface area (Å²) in [7, 11) is 0. The summed E-state index contributed by atoms with van der Waals surface area (Å²) in [5, 5.41) is 3.45. The predicted molar refractivity (Wildman–Crippen MR) is 58.0 cm³/mol. The van der Waals surface area contributed by atoms with Gasteiger partial charge in [-0.15, -0.1) is 0 Å². The Kier molecular flexibility index (Phi) is 4.74. The molecule has 1 atom stereocenters. The quantitative estimate of drug-likeness (QED) is 0.703. The van der Waals surface area contributed by atoms with Gasteiger partial charge in [0.2, 0.25) is 0 Å². The molecule has 1 fully saturated rings. The smallest absolute Gasteiger partial charge is 0.00899 e. The number of nitrogens with one attached hydrogen (secondary N) is 1. The minimum absolute atomic E-state index is 0.748. The highest BCUT2D eigenvalue weighted by Gasteiger charge is 2.16. The third kappa shape index (κ3) is 3.65. The van der Waals surface area contributed by atoms with Gasteiger partial charge in [0.1, 0.15) is 0 Å². The summed E-state index contributed by atoms with van der Waals surface area (Å²) >= 11 is 0. The molecule has 1 heterocycles. The zero-order valence-corrected chi connectivity index (χ0v) is 9.34. The molecule has 0 aromatic rings. The lowest BCUT2D eigenvalue weighted by Crippen LogP contribution is -2.41. The molecule has 0 aromatic heterocycles. The summed E-state index contributed by atoms with van der Waals surface area (Å²) in [6.45, 7) is 11.9. The van der Waals surface area contributed by atoms with E-state index in [-0.39, 0.29) is 0 Å². The summed E-state index contributed by atoms with van der Waals surface area (Å²) in [6.07, 6.45) is 2.61. The van der Waals surface area contributed by atoms with Crippen LogP contribution in [0.4, 0.5) is 0 Å². The number of hydrogen-bond donors (Lipinski definition) is 1. The van der Waals surface area contributed by atoms with Gasteiger partial charge in [0.05, 0.1) is 0 Å². The van der Waals surface area contributed by atoms with E-state index in [0.29, 0.717) is 0 Å². The molecular formula is C11H24N2. The minimum Gasteiger partial charge on any atom is -0.317 e. The van der Waals surface area contributed by atoms with E-state index in [0.717, 1.165) is 12.0 Å². The highest BCUT2D eigenvalue weighted by Crippen LogP contribution is 2.11. The summed E-state index contributed by atoms with van der Waals surface area (Å²) in [5.41, 5.74) is 0. The average Bonchev–Trinajstić information content (AvgIpc) is 2.02. The van der Waals surface area contributed by atoms with Crippen LogP contribution < -0.4 is 5.32 Å². The van der Waals surface area contributed by atoms with Crippen LogP contribution in [0.3, 0.4) is 0 Å². The molecule has 1 aliphatic heterocycles. The van der Waals surface area contributed by atoms with Gasteiger partial charge < -0.3 is 10.2 Å². The molecule has 1 N–H and O–H groups in total. The van der Waals surface area contributed by atoms with E-state index in [1.165, 1.54) is 39.0 Å². The first-order chi connectivity index (χ1) is 6.22. The molecule has 0 radical (unpaired) electrons. The maximum absolute atomic E-state index is 3.45. The molecule has 0 amide bonds. The van der Waals surface area contributed by atoms with E-state index < -0.39 is 0 Å². The van der Waals surface area contributed by atoms with Gasteiger partial charge in [-0.1, -0.05) is 13.8 Å². The third-order valence-corrected chi connectivity index (χ3v) is 3.14. The van der Waals surface area contributed by atoms with Crippen LogP contribution in [-0.4, -0.2) is 37.1 Å². The van der Waals surface area contributed by atoms with Crippen LogP contribution in [0.5, 0.6) is 0 Å². The first-order valence-electron chi connectivity index (χ1n) is 5.66. The Labute approximate surface area is 82.7 Å². The Balaban J connectivity index is 2.36. The molecule has 0 aliphatic carbocycles. The average molecular weight is 184 g/mol. The van der Waals surface area contributed by atoms with Crippen LogP contribution in [-0.2, 0) is 0 Å². The van der Waals surface area contributed by atoms with Gasteiger partial charge in [0, 0.05) is 6.04 Å². The van der Waals surface area contributed by atoms with Gasteiger partial charge in [-0.3, -0.25) is 0 Å². The summed E-state index contributed by atoms with van der Waals surface area (Å²) in [4.78, 5) is 2.64. The van der Waals surface area contributed by atoms with Crippen molar-refractivity contribution in [2.24, 2.45) is 5.92 Å². The fourth-order valence-electron chi connectivity index (χ4n) is 1.88. The molecule has 0 spiro atoms. The van der Waals surface area contributed by atoms with Gasteiger partial charge in [-0.05, 0) is 51.9 Å². The van der Waals surface area contributed by atoms with E-state index in [2.05, 4.69) is 31.0 Å². The molecule has 1 rings (SSSR count). The maximum atomic E-state index is 3.45. The molecule has 13 heavy (non-hydrogen) atoms. The lowest BCUT2D eigenvalue weighted by molar-refractivity contribution is 0.157. The SMILES string of the molecule is CC(C)C(C)N1CCCNCCC1. The number of nitrogens with zero attached hydrogens (tertiary/aromatic N) is 1. The van der Waals surface area contributed by atoms with Crippen molar-refractivity contribution < 1.29 is 0 Å². The molecule has 78 valence electrons. The van der Waals surface area contributed by atoms with Crippen LogP contribution in [0.1, 0.15) is 33.6 Å². The largest absolute Gasteiger partial charge is 0.317 e. The Morgan fingerprint density at radius 3 is 2.00 bits per heavy atom. The Hall–Kier alpha value is -0.0800. The maximum Gasteiger partial charge on any atom is 0.00899 e. The van der Waals surface area contributed by atoms with Crippen molar-refractivity contribution in [2.45, 2.75) is 39.7 Å². The summed E-state index contributed by atoms with van der Waals surface area (Å²) in [6, 6.07) is 0.748. The van der Waals surface area contributed by atoms with Gasteiger partial charge in [-0.25, -0.2) is 0 Å². The lowest BCUT2D eigenvalue weighted by Gasteiger charge is -2.33. The minimum atomic E-state index is 0.748. The molecule has 0 saturated carbocycles. The standard InChI is InChI=1S/C11H24N2/c1-10(2)11(3)13-8-4-6-12-7-5-9-13/h10-12H,4-9H2,1-3H3. The fraction of sp³-hybridized carbons (Fsp3) is 1.00. The van der Waals surface area contributed by atoms with E-state index in [1.807, 2.05) is 0 Å². The van der Waals surface area contributed by atoms with Gasteiger partial charge in [-0.2, -0.15) is 0 Å². The Bertz CT molecular complexity index is 126. The number of rotatable bonds is 2. The zero-order chi connectivity index (χ0) is 9.68. The van der Waals surface area contributed by atoms with Gasteiger partial charge in [0.25, 0.3) is 0 Å². The summed E-state index contributed by atoms with van der Waals surface area (Å²) in [5.74, 6) is 0.785. The van der Waals surface area contributed by atoms with Crippen molar-refractivity contribution in [3.05, 3.63) is 0 Å². The first kappa shape index (κ1) is 11.0. The van der Waals surface area contributed by atoms with Crippen molar-refractivity contribution in [1.82, 2.24) is 10.2 Å². The molecular weight excluding hydrogens is 160 g/mol. The molecule has 1 unspecified atom stereocenters. The Morgan fingerprint density at radius 2 is 1.54 bits per heavy atom. The van der Waals surface area contributed by atoms with Crippen molar-refractivity contribution in [1.29, 1.82) is 0 Å². The number of hydrogen-bond acceptors (Lipinski definition) is 2. The third-order valence-electron chi connectivity index (χ3n) is 3.14. The van der Waals surface area contributed by atoms with Crippen molar-refractivity contribution in [3.8, 4) is 0 Å². The van der Waals surface area contributed by atoms with Crippen molar-refractivity contribution in [3.63, 3.8) is 0 Å². The van der Waals surface area contributed by atoms with Crippen LogP contribution in [0.2, 0.25) is 0 Å². The van der Waals surface area contributed by atoms with Crippen molar-refractivity contribution >= 4 is 0 Å². The predicted octanol–water partition coefficient (Wildman–Crippen LogP) is 1.72. The van der Waals surface area contributed by atoms with E-state index in [9.17, 15) is 0 Å². The highest BCUT2D eigenvalue weighted by molar-refractivity contribution is 4.72. The normalized spacial score (nSPS) is 24.0. The second-order valence-electron chi connectivity index (χ2n) is 4.48. The second-order valence-corrected chi connectivity index (χ2v) is 4.48. The van der Waals surface area contributed by atoms with Crippen molar-refractivity contribution in [2.75, 3.05) is 26.2 Å². The van der Waals surface area contributed by atoms with Gasteiger partial charge >= 0.3 is 0 Å². The van der Waals surface area contributed by atoms with Crippen LogP contribution in [0.25, 0.3) is 0 Å². The van der Waals surface area contributed by atoms with E-state index in [1.54, 1.807) is 0 Å². The van der Waals surface area contributed by atoms with E-state index in [4.69, 9.17) is 0 Å². The first-order valence-corrected chi connectivity index (χ1v) is 5.66.